The Balaban J connectivity index is 1.40. The second kappa shape index (κ2) is 5.73. The van der Waals surface area contributed by atoms with Crippen molar-refractivity contribution in [3.05, 3.63) is 17.2 Å². The van der Waals surface area contributed by atoms with Crippen LogP contribution in [-0.2, 0) is 4.79 Å². The molecule has 0 unspecified atom stereocenters. The van der Waals surface area contributed by atoms with Crippen LogP contribution in [0.25, 0.3) is 0 Å². The van der Waals surface area contributed by atoms with Crippen molar-refractivity contribution in [2.45, 2.75) is 37.6 Å². The lowest BCUT2D eigenvalue weighted by Crippen LogP contribution is -2.33. The highest BCUT2D eigenvalue weighted by atomic mass is 32.1. The van der Waals surface area contributed by atoms with Crippen molar-refractivity contribution < 1.29 is 9.32 Å². The molecule has 1 N–H and O–H groups in total. The Morgan fingerprint density at radius 1 is 1.45 bits per heavy atom. The van der Waals surface area contributed by atoms with Crippen LogP contribution >= 0.6 is 11.3 Å². The van der Waals surface area contributed by atoms with E-state index in [-0.39, 0.29) is 11.9 Å². The summed E-state index contributed by atoms with van der Waals surface area (Å²) in [5, 5.41) is 14.9. The maximum absolute atomic E-state index is 12.1. The molecule has 1 aliphatic heterocycles. The van der Waals surface area contributed by atoms with Crippen LogP contribution in [0, 0.1) is 0 Å². The molecule has 1 saturated carbocycles. The first-order chi connectivity index (χ1) is 10.8. The molecule has 0 radical (unpaired) electrons. The van der Waals surface area contributed by atoms with Gasteiger partial charge in [0.1, 0.15) is 5.51 Å². The normalized spacial score (nSPS) is 22.1. The van der Waals surface area contributed by atoms with Crippen molar-refractivity contribution in [3.63, 3.8) is 0 Å². The second-order valence-electron chi connectivity index (χ2n) is 5.69. The molecule has 1 atom stereocenters. The molecular formula is C13H16N6O2S. The van der Waals surface area contributed by atoms with Crippen molar-refractivity contribution >= 4 is 22.4 Å². The first-order valence-corrected chi connectivity index (χ1v) is 8.31. The monoisotopic (exact) mass is 320 g/mol. The van der Waals surface area contributed by atoms with E-state index in [1.54, 1.807) is 5.51 Å². The van der Waals surface area contributed by atoms with E-state index in [0.29, 0.717) is 23.4 Å². The molecule has 9 heteroatoms. The molecule has 8 nitrogen and oxygen atoms in total. The fraction of sp³-hybridized carbons (Fsp3) is 0.615. The zero-order chi connectivity index (χ0) is 14.9. The molecule has 0 spiro atoms. The standard InChI is InChI=1S/C13H16N6O2S/c20-10(15-13-17-14-7-22-13)6-19-5-1-2-9(19)11-16-12(21-18-11)8-3-4-8/h7-9H,1-6H2,(H,15,17,20)/t9-/m1/s1. The molecule has 2 fully saturated rings. The number of carbonyl (C=O) groups is 1. The topological polar surface area (TPSA) is 97.0 Å². The lowest BCUT2D eigenvalue weighted by Gasteiger charge is -2.20. The fourth-order valence-electron chi connectivity index (χ4n) is 2.76. The summed E-state index contributed by atoms with van der Waals surface area (Å²) in [6.07, 6.45) is 4.26. The van der Waals surface area contributed by atoms with Crippen molar-refractivity contribution in [3.8, 4) is 0 Å². The smallest absolute Gasteiger partial charge is 0.240 e. The van der Waals surface area contributed by atoms with Crippen molar-refractivity contribution in [1.29, 1.82) is 0 Å². The van der Waals surface area contributed by atoms with Gasteiger partial charge in [-0.05, 0) is 32.2 Å². The summed E-state index contributed by atoms with van der Waals surface area (Å²) in [5.41, 5.74) is 1.59. The van der Waals surface area contributed by atoms with Crippen LogP contribution in [0.4, 0.5) is 5.13 Å². The highest BCUT2D eigenvalue weighted by Crippen LogP contribution is 2.40. The van der Waals surface area contributed by atoms with Crippen molar-refractivity contribution in [1.82, 2.24) is 25.2 Å². The number of hydrogen-bond acceptors (Lipinski definition) is 8. The van der Waals surface area contributed by atoms with E-state index in [9.17, 15) is 4.79 Å². The van der Waals surface area contributed by atoms with Crippen LogP contribution < -0.4 is 5.32 Å². The van der Waals surface area contributed by atoms with E-state index >= 15 is 0 Å². The van der Waals surface area contributed by atoms with E-state index < -0.39 is 0 Å². The predicted octanol–water partition coefficient (Wildman–Crippen LogP) is 1.57. The predicted molar refractivity (Wildman–Crippen MR) is 78.4 cm³/mol. The summed E-state index contributed by atoms with van der Waals surface area (Å²) in [4.78, 5) is 18.7. The molecule has 1 amide bonds. The molecule has 2 aromatic heterocycles. The van der Waals surface area contributed by atoms with Crippen molar-refractivity contribution in [2.24, 2.45) is 0 Å². The van der Waals surface area contributed by atoms with E-state index in [1.165, 1.54) is 11.3 Å². The fourth-order valence-corrected chi connectivity index (χ4v) is 3.22. The third-order valence-electron chi connectivity index (χ3n) is 4.00. The number of rotatable bonds is 5. The Bertz CT molecular complexity index is 653. The van der Waals surface area contributed by atoms with E-state index in [4.69, 9.17) is 4.52 Å². The number of anilines is 1. The number of nitrogens with zero attached hydrogens (tertiary/aromatic N) is 5. The first-order valence-electron chi connectivity index (χ1n) is 7.43. The van der Waals surface area contributed by atoms with Crippen LogP contribution in [-0.4, -0.2) is 44.2 Å². The van der Waals surface area contributed by atoms with Gasteiger partial charge in [-0.3, -0.25) is 15.0 Å². The van der Waals surface area contributed by atoms with Gasteiger partial charge in [0, 0.05) is 5.92 Å². The van der Waals surface area contributed by atoms with Crippen LogP contribution in [0.5, 0.6) is 0 Å². The quantitative estimate of drug-likeness (QED) is 0.893. The number of aromatic nitrogens is 4. The van der Waals surface area contributed by atoms with Crippen LogP contribution in [0.2, 0.25) is 0 Å². The number of hydrogen-bond donors (Lipinski definition) is 1. The average molecular weight is 320 g/mol. The lowest BCUT2D eigenvalue weighted by atomic mass is 10.2. The largest absolute Gasteiger partial charge is 0.339 e. The third kappa shape index (κ3) is 2.86. The molecular weight excluding hydrogens is 304 g/mol. The summed E-state index contributed by atoms with van der Waals surface area (Å²) < 4.78 is 5.33. The minimum atomic E-state index is -0.0884. The van der Waals surface area contributed by atoms with Gasteiger partial charge in [0.15, 0.2) is 5.82 Å². The van der Waals surface area contributed by atoms with Gasteiger partial charge >= 0.3 is 0 Å². The molecule has 22 heavy (non-hydrogen) atoms. The maximum Gasteiger partial charge on any atom is 0.240 e. The molecule has 4 rings (SSSR count). The molecule has 2 aliphatic rings. The van der Waals surface area contributed by atoms with Crippen LogP contribution in [0.15, 0.2) is 10.0 Å². The van der Waals surface area contributed by atoms with E-state index in [2.05, 4.69) is 30.6 Å². The Kier molecular flexibility index (Phi) is 3.59. The molecule has 1 aliphatic carbocycles. The van der Waals surface area contributed by atoms with Gasteiger partial charge in [-0.2, -0.15) is 4.98 Å². The minimum Gasteiger partial charge on any atom is -0.339 e. The second-order valence-corrected chi connectivity index (χ2v) is 6.52. The molecule has 0 aromatic carbocycles. The van der Waals surface area contributed by atoms with Crippen molar-refractivity contribution in [2.75, 3.05) is 18.4 Å². The minimum absolute atomic E-state index is 0.0661. The zero-order valence-corrected chi connectivity index (χ0v) is 12.8. The number of nitrogens with one attached hydrogen (secondary N) is 1. The van der Waals surface area contributed by atoms with E-state index in [1.807, 2.05) is 0 Å². The van der Waals surface area contributed by atoms with Gasteiger partial charge in [0.2, 0.25) is 16.9 Å². The lowest BCUT2D eigenvalue weighted by molar-refractivity contribution is -0.117. The molecule has 1 saturated heterocycles. The van der Waals surface area contributed by atoms with Gasteiger partial charge < -0.3 is 4.52 Å². The molecule has 2 aromatic rings. The van der Waals surface area contributed by atoms with Gasteiger partial charge in [-0.15, -0.1) is 10.2 Å². The van der Waals surface area contributed by atoms with Crippen LogP contribution in [0.1, 0.15) is 49.4 Å². The number of carbonyl (C=O) groups excluding carboxylic acids is 1. The zero-order valence-electron chi connectivity index (χ0n) is 11.9. The summed E-state index contributed by atoms with van der Waals surface area (Å²) >= 11 is 1.31. The van der Waals surface area contributed by atoms with Gasteiger partial charge in [0.05, 0.1) is 12.6 Å². The van der Waals surface area contributed by atoms with Crippen LogP contribution in [0.3, 0.4) is 0 Å². The Labute approximate surface area is 130 Å². The highest BCUT2D eigenvalue weighted by Gasteiger charge is 2.34. The molecule has 116 valence electrons. The Hall–Kier alpha value is -1.87. The van der Waals surface area contributed by atoms with Gasteiger partial charge in [0.25, 0.3) is 0 Å². The molecule has 3 heterocycles. The summed E-state index contributed by atoms with van der Waals surface area (Å²) in [6.45, 7) is 1.17. The first kappa shape index (κ1) is 13.8. The summed E-state index contributed by atoms with van der Waals surface area (Å²) in [7, 11) is 0. The SMILES string of the molecule is O=C(CN1CCC[C@@H]1c1noc(C2CC2)n1)Nc1nncs1. The number of likely N-dealkylation sites (tertiary alicyclic amines) is 1. The van der Waals surface area contributed by atoms with Gasteiger partial charge in [-0.1, -0.05) is 16.5 Å². The van der Waals surface area contributed by atoms with Gasteiger partial charge in [-0.25, -0.2) is 0 Å². The molecule has 0 bridgehead atoms. The number of amides is 1. The third-order valence-corrected chi connectivity index (χ3v) is 4.61. The van der Waals surface area contributed by atoms with E-state index in [0.717, 1.165) is 38.1 Å². The maximum atomic E-state index is 12.1. The highest BCUT2D eigenvalue weighted by molar-refractivity contribution is 7.13. The summed E-state index contributed by atoms with van der Waals surface area (Å²) in [5.74, 6) is 1.83. The summed E-state index contributed by atoms with van der Waals surface area (Å²) in [6, 6.07) is 0.0661. The average Bonchev–Trinajstić information content (AvgIpc) is 2.95. The Morgan fingerprint density at radius 2 is 2.36 bits per heavy atom. The Morgan fingerprint density at radius 3 is 3.14 bits per heavy atom.